The number of hydrogen-bond acceptors (Lipinski definition) is 8. The van der Waals surface area contributed by atoms with Crippen molar-refractivity contribution in [1.29, 1.82) is 0 Å². The van der Waals surface area contributed by atoms with E-state index in [9.17, 15) is 4.79 Å². The molecule has 7 aromatic rings. The third kappa shape index (κ3) is 57.4. The van der Waals surface area contributed by atoms with Crippen molar-refractivity contribution in [3.63, 3.8) is 0 Å². The number of ketones is 1. The molecule has 0 saturated carbocycles. The summed E-state index contributed by atoms with van der Waals surface area (Å²) < 4.78 is 12.2. The smallest absolute Gasteiger partial charge is 0.188 e. The summed E-state index contributed by atoms with van der Waals surface area (Å²) in [5.41, 5.74) is 10.6. The number of nitrogens with one attached hydrogen (secondary N) is 1. The second kappa shape index (κ2) is 91.1. The Bertz CT molecular complexity index is 4620. The Kier molecular flexibility index (Phi) is 106. The first-order valence-corrected chi connectivity index (χ1v) is 203. The van der Waals surface area contributed by atoms with Gasteiger partial charge in [-0.3, -0.25) is 4.79 Å². The summed E-state index contributed by atoms with van der Waals surface area (Å²) in [4.78, 5) is 29.4. The third-order valence-electron chi connectivity index (χ3n) is 16.8. The van der Waals surface area contributed by atoms with Crippen LogP contribution in [0.5, 0.6) is 11.5 Å². The highest BCUT2D eigenvalue weighted by molar-refractivity contribution is 9.54. The zero-order valence-electron chi connectivity index (χ0n) is 76.9. The molecule has 0 spiro atoms. The largest absolute Gasteiger partial charge is 0.483 e. The number of ether oxygens (including phenoxy) is 2. The fraction of sp³-hybridized carbons (Fsp3) is 0.133. The molecule has 0 amide bonds. The Morgan fingerprint density at radius 3 is 0.848 bits per heavy atom. The first-order valence-electron chi connectivity index (χ1n) is 38.3. The van der Waals surface area contributed by atoms with Crippen molar-refractivity contribution in [2.24, 2.45) is 0 Å². The number of benzene rings is 5. The number of aryl methyl sites for hydroxylation is 3. The molecule has 818 valence electrons. The van der Waals surface area contributed by atoms with Gasteiger partial charge in [0.1, 0.15) is 37.3 Å². The van der Waals surface area contributed by atoms with Crippen molar-refractivity contribution in [2.75, 3.05) is 5.32 Å². The lowest BCUT2D eigenvalue weighted by molar-refractivity contribution is 0.0994. The molecular formula is C45H133ClN5O3P91. The number of halogens is 1. The van der Waals surface area contributed by atoms with E-state index in [1.54, 1.807) is 6.33 Å². The van der Waals surface area contributed by atoms with Crippen LogP contribution in [-0.4, -0.2) is 25.7 Å². The molecule has 0 saturated heterocycles. The van der Waals surface area contributed by atoms with E-state index in [1.165, 1.54) is 17.5 Å². The van der Waals surface area contributed by atoms with Gasteiger partial charge in [0, 0.05) is 28.8 Å². The highest BCUT2D eigenvalue weighted by Crippen LogP contribution is 3.48. The van der Waals surface area contributed by atoms with E-state index >= 15 is 0 Å². The predicted octanol–water partition coefficient (Wildman–Crippen LogP) is 63.5. The molecule has 1 aliphatic carbocycles. The molecule has 1 aliphatic rings. The Morgan fingerprint density at radius 1 is 0.297 bits per heavy atom. The number of Topliss-reactive ketones (excluding diaryl/α,β-unsaturated/α-hetero) is 1. The summed E-state index contributed by atoms with van der Waals surface area (Å²) in [6.45, 7) is -0.694. The van der Waals surface area contributed by atoms with Crippen LogP contribution in [0, 0.1) is 13.8 Å². The summed E-state index contributed by atoms with van der Waals surface area (Å²) in [5, 5.41) is 3.71. The van der Waals surface area contributed by atoms with Crippen molar-refractivity contribution in [3.05, 3.63) is 179 Å². The van der Waals surface area contributed by atoms with E-state index in [1.807, 2.05) is 122 Å². The van der Waals surface area contributed by atoms with E-state index in [4.69, 9.17) is 21.1 Å². The molecule has 0 fully saturated rings. The number of hydrogen-bond donors (Lipinski definition) is 1. The first kappa shape index (κ1) is 168. The summed E-state index contributed by atoms with van der Waals surface area (Å²) in [5.74, 6) is 1.91. The zero-order chi connectivity index (χ0) is 110. The molecule has 0 aliphatic heterocycles. The van der Waals surface area contributed by atoms with Gasteiger partial charge >= 0.3 is 0 Å². The average Bonchev–Trinajstić information content (AvgIpc) is 1.22. The van der Waals surface area contributed by atoms with Gasteiger partial charge in [-0.15, -0.1) is 420 Å². The lowest BCUT2D eigenvalue weighted by Crippen LogP contribution is -2.04. The van der Waals surface area contributed by atoms with Crippen LogP contribution in [-0.2, 0) is 19.6 Å². The topological polar surface area (TPSA) is 99.1 Å². The van der Waals surface area contributed by atoms with Gasteiger partial charge in [0.05, 0.1) is 0 Å². The summed E-state index contributed by atoms with van der Waals surface area (Å²) in [6, 6.07) is 42.0. The molecule has 0 radical (unpaired) electrons. The van der Waals surface area contributed by atoms with Crippen LogP contribution in [0.4, 0.5) is 11.5 Å². The summed E-state index contributed by atoms with van der Waals surface area (Å²) in [7, 11) is 163. The van der Waals surface area contributed by atoms with E-state index in [0.29, 0.717) is 47.8 Å². The van der Waals surface area contributed by atoms with E-state index < -0.39 is 0 Å². The Hall–Kier alpha value is 32.7. The predicted molar refractivity (Wildman–Crippen MR) is 976 cm³/mol. The van der Waals surface area contributed by atoms with Crippen LogP contribution >= 0.6 is 740 Å². The molecule has 2 aromatic heterocycles. The van der Waals surface area contributed by atoms with Gasteiger partial charge in [0.15, 0.2) is 28.3 Å². The normalized spacial score (nSPS) is 14.4. The highest BCUT2D eigenvalue weighted by atomic mass is 35.5. The second-order valence-corrected chi connectivity index (χ2v) is 398. The molecule has 100 heteroatoms. The maximum Gasteiger partial charge on any atom is 0.188 e. The molecule has 53 atom stereocenters. The summed E-state index contributed by atoms with van der Waals surface area (Å²) in [6.07, 6.45) is 4.35. The van der Waals surface area contributed by atoms with Gasteiger partial charge in [-0.05, 0) is 356 Å². The van der Waals surface area contributed by atoms with Crippen LogP contribution in [0.2, 0.25) is 5.15 Å². The van der Waals surface area contributed by atoms with Crippen molar-refractivity contribution in [2.45, 2.75) is 39.9 Å². The zero-order valence-corrected chi connectivity index (χ0v) is 171. The number of carbonyl (C=O) groups is 1. The van der Waals surface area contributed by atoms with Gasteiger partial charge in [0.2, 0.25) is 0 Å². The molecule has 145 heavy (non-hydrogen) atoms. The molecule has 8 nitrogen and oxygen atoms in total. The Morgan fingerprint density at radius 2 is 0.559 bits per heavy atom. The number of rotatable bonds is 52. The third-order valence-corrected chi connectivity index (χ3v) is 641. The fourth-order valence-electron chi connectivity index (χ4n) is 11.3. The van der Waals surface area contributed by atoms with Crippen LogP contribution in [0.25, 0.3) is 22.5 Å². The monoisotopic (exact) mass is 3650 g/mol. The van der Waals surface area contributed by atoms with Gasteiger partial charge in [-0.1, -0.05) is 140 Å². The number of nitrogens with zero attached hydrogens (tertiary/aromatic N) is 4. The molecule has 1 N–H and O–H groups in total. The molecular weight excluding hydrogens is 3510 g/mol. The minimum atomic E-state index is -0.200. The minimum Gasteiger partial charge on any atom is -0.483 e. The van der Waals surface area contributed by atoms with Crippen LogP contribution in [0.3, 0.4) is 0 Å². The van der Waals surface area contributed by atoms with Crippen molar-refractivity contribution in [3.8, 4) is 34.0 Å². The van der Waals surface area contributed by atoms with Crippen LogP contribution in [0.1, 0.15) is 44.6 Å². The van der Waals surface area contributed by atoms with E-state index in [-0.39, 0.29) is 306 Å². The molecule has 2 heterocycles. The molecule has 8 rings (SSSR count). The van der Waals surface area contributed by atoms with Crippen LogP contribution in [0.15, 0.2) is 140 Å². The quantitative estimate of drug-likeness (QED) is 0.0297. The maximum atomic E-state index is 12.0. The Labute approximate surface area is 1030 Å². The standard InChI is InChI=1S/C27H23N3O2.C18H15ClN2O.H53P51.H42P40/c1-18-7-9-20(10-8-18)25-26(32-16-19-5-3-2-4-6-19)27(29-17-28-25)30-22-12-13-23-21(15-22)11-14-24(23)31;1-13-7-9-15(10-8-13)16-17(18(19)21-12-20-16)22-11-14-5-3-2-4-6-14;1-27-40(26)47(41(28(2)3)29(4)5)50(46(38(22)23)39(24)25)51(48(42(30(6)7)31(8)9)43(32(10)11)33(12)13)49(44(34(14)15)35(16)17)45(36(18)19)37(20)21;1-22(2)32(21)37(31(19)20)40(38(33(23(3)4)24(5)6)34(25(7)8)26(9)10)39(35(27(11)12)28(13)14)36(29(15)16)30(17)18/h2-10,12-13,15,17H,11,14,16H2,1H3,(H,28,29,30);2-10,12H,11H2,1H3;27H,1-26H2;1-21H2. The SMILES string of the molecule is Cc1ccc(-c2ncnc(Cl)c2OCc2ccccc2)cc1.Cc1ccc(-c2ncnc(Nc3ccc4c(c3)CCC4=O)c2OCc2ccccc2)cc1.PP(P)P(P)P(P(P)P)P(P(P(P(P)P)P(P)P)P(P(P)P)P(P)P)P(P(P(P)P)P(P)P)P(P(P)P)P(P)P.PPP(P)P(P(P(P)P)P(P)P)P(P(P(P)P)P(P)P)P(P(P(P(P)P)P(P)P)P(P(P)P)P(P)P)P(P(P(P)P)P(P)P)P(P(P)P)P(P)P. The lowest BCUT2D eigenvalue weighted by Gasteiger charge is -2.58. The van der Waals surface area contributed by atoms with E-state index in [2.05, 4.69) is 464 Å². The first-order chi connectivity index (χ1) is 67.7. The van der Waals surface area contributed by atoms with Gasteiger partial charge in [-0.25, -0.2) is 19.9 Å². The number of aromatic nitrogens is 4. The minimum absolute atomic E-state index is 0.0490. The molecule has 5 aromatic carbocycles. The van der Waals surface area contributed by atoms with Gasteiger partial charge in [0.25, 0.3) is 0 Å². The Balaban J connectivity index is 0.000000352. The fourth-order valence-corrected chi connectivity index (χ4v) is 1270. The van der Waals surface area contributed by atoms with Gasteiger partial charge in [-0.2, -0.15) is 0 Å². The molecule has 0 bridgehead atoms. The van der Waals surface area contributed by atoms with Gasteiger partial charge < -0.3 is 14.8 Å². The molecule has 53 unspecified atom stereocenters. The van der Waals surface area contributed by atoms with Crippen LogP contribution < -0.4 is 14.8 Å². The number of anilines is 2. The summed E-state index contributed by atoms with van der Waals surface area (Å²) >= 11 is 6.20. The average molecular weight is 3650 g/mol. The lowest BCUT2D eigenvalue weighted by atomic mass is 10.1. The van der Waals surface area contributed by atoms with Crippen molar-refractivity contribution in [1.82, 2.24) is 19.9 Å². The highest BCUT2D eigenvalue weighted by Gasteiger charge is 2.61. The van der Waals surface area contributed by atoms with E-state index in [0.717, 1.165) is 59.1 Å². The number of carbonyl (C=O) groups excluding carboxylic acids is 1. The van der Waals surface area contributed by atoms with Crippen molar-refractivity contribution >= 4 is 757 Å². The maximum absolute atomic E-state index is 12.0. The number of fused-ring (bicyclic) bond motifs is 1. The van der Waals surface area contributed by atoms with Crippen molar-refractivity contribution < 1.29 is 14.3 Å². The second-order valence-electron chi connectivity index (χ2n) is 27.2.